The number of nitrogens with two attached hydrogens (primary N) is 1. The number of nitrogens with one attached hydrogen (secondary N) is 1. The number of aromatic nitrogens is 2. The van der Waals surface area contributed by atoms with Crippen LogP contribution in [-0.4, -0.2) is 45.3 Å². The predicted molar refractivity (Wildman–Crippen MR) is 71.7 cm³/mol. The molecule has 1 aromatic heterocycles. The van der Waals surface area contributed by atoms with Crippen LogP contribution in [0.1, 0.15) is 23.3 Å². The number of aliphatic hydroxyl groups excluding tert-OH is 1. The van der Waals surface area contributed by atoms with Crippen molar-refractivity contribution in [3.05, 3.63) is 23.9 Å². The van der Waals surface area contributed by atoms with Crippen LogP contribution in [0.25, 0.3) is 10.9 Å². The van der Waals surface area contributed by atoms with Crippen LogP contribution >= 0.6 is 0 Å². The van der Waals surface area contributed by atoms with E-state index >= 15 is 0 Å². The van der Waals surface area contributed by atoms with Gasteiger partial charge in [0, 0.05) is 24.2 Å². The molecule has 2 aromatic rings. The smallest absolute Gasteiger partial charge is 0.275 e. The quantitative estimate of drug-likeness (QED) is 0.659. The van der Waals surface area contributed by atoms with E-state index in [9.17, 15) is 9.90 Å². The van der Waals surface area contributed by atoms with E-state index in [2.05, 4.69) is 10.2 Å². The maximum absolute atomic E-state index is 12.4. The van der Waals surface area contributed by atoms with Crippen LogP contribution in [0.15, 0.2) is 18.2 Å². The molecule has 3 rings (SSSR count). The highest BCUT2D eigenvalue weighted by Crippen LogP contribution is 2.21. The van der Waals surface area contributed by atoms with Crippen molar-refractivity contribution in [1.29, 1.82) is 0 Å². The minimum atomic E-state index is -0.437. The second-order valence-electron chi connectivity index (χ2n) is 4.92. The van der Waals surface area contributed by atoms with Gasteiger partial charge in [0.05, 0.1) is 11.6 Å². The van der Waals surface area contributed by atoms with Crippen molar-refractivity contribution < 1.29 is 9.90 Å². The zero-order chi connectivity index (χ0) is 13.4. The number of aromatic amines is 1. The third-order valence-corrected chi connectivity index (χ3v) is 3.47. The van der Waals surface area contributed by atoms with E-state index in [0.717, 1.165) is 23.7 Å². The molecule has 0 saturated carbocycles. The van der Waals surface area contributed by atoms with Gasteiger partial charge in [0.1, 0.15) is 0 Å². The van der Waals surface area contributed by atoms with E-state index in [1.54, 1.807) is 23.1 Å². The van der Waals surface area contributed by atoms with Crippen molar-refractivity contribution in [2.45, 2.75) is 18.9 Å². The van der Waals surface area contributed by atoms with Crippen LogP contribution in [0.4, 0.5) is 5.69 Å². The average molecular weight is 260 g/mol. The Bertz CT molecular complexity index is 622. The fourth-order valence-corrected chi connectivity index (χ4v) is 2.48. The number of rotatable bonds is 1. The molecule has 100 valence electrons. The summed E-state index contributed by atoms with van der Waals surface area (Å²) in [4.78, 5) is 14.1. The van der Waals surface area contributed by atoms with Crippen LogP contribution in [0.3, 0.4) is 0 Å². The van der Waals surface area contributed by atoms with Gasteiger partial charge in [-0.25, -0.2) is 0 Å². The van der Waals surface area contributed by atoms with Crippen molar-refractivity contribution in [3.63, 3.8) is 0 Å². The summed E-state index contributed by atoms with van der Waals surface area (Å²) in [6.07, 6.45) is 1.13. The van der Waals surface area contributed by atoms with Gasteiger partial charge in [0.25, 0.3) is 5.91 Å². The number of piperidine rings is 1. The van der Waals surface area contributed by atoms with Gasteiger partial charge in [-0.3, -0.25) is 9.89 Å². The first-order chi connectivity index (χ1) is 9.15. The predicted octanol–water partition coefficient (Wildman–Crippen LogP) is 0.742. The molecule has 1 aliphatic heterocycles. The Morgan fingerprint density at radius 2 is 2.37 bits per heavy atom. The minimum Gasteiger partial charge on any atom is -0.399 e. The minimum absolute atomic E-state index is 0.157. The van der Waals surface area contributed by atoms with E-state index in [0.29, 0.717) is 24.5 Å². The van der Waals surface area contributed by atoms with Crippen molar-refractivity contribution >= 4 is 22.5 Å². The fraction of sp³-hybridized carbons (Fsp3) is 0.385. The fourth-order valence-electron chi connectivity index (χ4n) is 2.48. The Morgan fingerprint density at radius 1 is 1.53 bits per heavy atom. The summed E-state index contributed by atoms with van der Waals surface area (Å²) in [5, 5.41) is 17.3. The van der Waals surface area contributed by atoms with Gasteiger partial charge in [-0.15, -0.1) is 0 Å². The van der Waals surface area contributed by atoms with Gasteiger partial charge in [-0.05, 0) is 31.0 Å². The monoisotopic (exact) mass is 260 g/mol. The van der Waals surface area contributed by atoms with E-state index in [4.69, 9.17) is 5.73 Å². The Labute approximate surface area is 110 Å². The van der Waals surface area contributed by atoms with Gasteiger partial charge in [-0.2, -0.15) is 5.10 Å². The lowest BCUT2D eigenvalue weighted by Gasteiger charge is -2.29. The first-order valence-electron chi connectivity index (χ1n) is 6.36. The second-order valence-corrected chi connectivity index (χ2v) is 4.92. The molecule has 4 N–H and O–H groups in total. The van der Waals surface area contributed by atoms with Crippen molar-refractivity contribution in [1.82, 2.24) is 15.1 Å². The molecule has 1 aromatic carbocycles. The lowest BCUT2D eigenvalue weighted by atomic mass is 10.1. The molecule has 1 atom stereocenters. The summed E-state index contributed by atoms with van der Waals surface area (Å²) >= 11 is 0. The van der Waals surface area contributed by atoms with E-state index in [-0.39, 0.29) is 5.91 Å². The number of benzene rings is 1. The average Bonchev–Trinajstić information content (AvgIpc) is 2.80. The van der Waals surface area contributed by atoms with E-state index in [1.807, 2.05) is 0 Å². The molecular weight excluding hydrogens is 244 g/mol. The topological polar surface area (TPSA) is 95.2 Å². The van der Waals surface area contributed by atoms with Crippen LogP contribution in [0.2, 0.25) is 0 Å². The largest absolute Gasteiger partial charge is 0.399 e. The zero-order valence-electron chi connectivity index (χ0n) is 10.5. The molecular formula is C13H16N4O2. The second kappa shape index (κ2) is 4.55. The Balaban J connectivity index is 1.95. The Hall–Kier alpha value is -2.08. The molecule has 19 heavy (non-hydrogen) atoms. The summed E-state index contributed by atoms with van der Waals surface area (Å²) in [7, 11) is 0. The summed E-state index contributed by atoms with van der Waals surface area (Å²) in [5.41, 5.74) is 7.50. The zero-order valence-corrected chi connectivity index (χ0v) is 10.5. The number of amides is 1. The molecule has 1 aliphatic rings. The maximum atomic E-state index is 12.4. The van der Waals surface area contributed by atoms with Crippen LogP contribution in [-0.2, 0) is 0 Å². The van der Waals surface area contributed by atoms with Crippen LogP contribution in [0, 0.1) is 0 Å². The molecule has 0 radical (unpaired) electrons. The summed E-state index contributed by atoms with van der Waals surface area (Å²) < 4.78 is 0. The molecule has 2 heterocycles. The number of carbonyl (C=O) groups excluding carboxylic acids is 1. The van der Waals surface area contributed by atoms with Gasteiger partial charge in [0.2, 0.25) is 0 Å². The number of aliphatic hydroxyl groups is 1. The SMILES string of the molecule is Nc1ccc2[nH]nc(C(=O)N3CCC[C@H](O)C3)c2c1. The van der Waals surface area contributed by atoms with Gasteiger partial charge in [0.15, 0.2) is 5.69 Å². The van der Waals surface area contributed by atoms with Crippen molar-refractivity contribution in [3.8, 4) is 0 Å². The molecule has 1 amide bonds. The number of carbonyl (C=O) groups is 1. The number of β-amino-alcohol motifs (C(OH)–C–C–N with tert-alkyl or cyclic N) is 1. The molecule has 6 heteroatoms. The third-order valence-electron chi connectivity index (χ3n) is 3.47. The summed E-state index contributed by atoms with van der Waals surface area (Å²) in [6, 6.07) is 5.31. The van der Waals surface area contributed by atoms with E-state index in [1.165, 1.54) is 0 Å². The molecule has 0 bridgehead atoms. The van der Waals surface area contributed by atoms with Crippen LogP contribution in [0.5, 0.6) is 0 Å². The number of hydrogen-bond donors (Lipinski definition) is 3. The normalized spacial score (nSPS) is 19.8. The number of anilines is 1. The van der Waals surface area contributed by atoms with Gasteiger partial charge in [-0.1, -0.05) is 0 Å². The maximum Gasteiger partial charge on any atom is 0.275 e. The van der Waals surface area contributed by atoms with Crippen molar-refractivity contribution in [2.75, 3.05) is 18.8 Å². The van der Waals surface area contributed by atoms with Gasteiger partial charge >= 0.3 is 0 Å². The Kier molecular flexibility index (Phi) is 2.87. The highest BCUT2D eigenvalue weighted by molar-refractivity contribution is 6.05. The highest BCUT2D eigenvalue weighted by atomic mass is 16.3. The summed E-state index contributed by atoms with van der Waals surface area (Å²) in [5.74, 6) is -0.157. The standard InChI is InChI=1S/C13H16N4O2/c14-8-3-4-11-10(6-8)12(16-15-11)13(19)17-5-1-2-9(18)7-17/h3-4,6,9,18H,1-2,5,7,14H2,(H,15,16)/t9-/m0/s1. The number of likely N-dealkylation sites (tertiary alicyclic amines) is 1. The highest BCUT2D eigenvalue weighted by Gasteiger charge is 2.25. The van der Waals surface area contributed by atoms with Crippen molar-refractivity contribution in [2.24, 2.45) is 0 Å². The first kappa shape index (κ1) is 12.0. The third kappa shape index (κ3) is 2.15. The Morgan fingerprint density at radius 3 is 3.16 bits per heavy atom. The first-order valence-corrected chi connectivity index (χ1v) is 6.36. The molecule has 6 nitrogen and oxygen atoms in total. The molecule has 0 aliphatic carbocycles. The number of H-pyrrole nitrogens is 1. The molecule has 1 saturated heterocycles. The summed E-state index contributed by atoms with van der Waals surface area (Å²) in [6.45, 7) is 1.03. The number of nitrogen functional groups attached to an aromatic ring is 1. The molecule has 1 fully saturated rings. The lowest BCUT2D eigenvalue weighted by molar-refractivity contribution is 0.0470. The van der Waals surface area contributed by atoms with Crippen LogP contribution < -0.4 is 5.73 Å². The number of nitrogens with zero attached hydrogens (tertiary/aromatic N) is 2. The molecule has 0 spiro atoms. The van der Waals surface area contributed by atoms with E-state index < -0.39 is 6.10 Å². The lowest BCUT2D eigenvalue weighted by Crippen LogP contribution is -2.42. The number of fused-ring (bicyclic) bond motifs is 1. The van der Waals surface area contributed by atoms with Gasteiger partial charge < -0.3 is 15.7 Å². The molecule has 0 unspecified atom stereocenters. The number of hydrogen-bond acceptors (Lipinski definition) is 4.